The van der Waals surface area contributed by atoms with Gasteiger partial charge in [-0.15, -0.1) is 0 Å². The van der Waals surface area contributed by atoms with E-state index in [1.807, 2.05) is 0 Å². The average molecular weight is 537 g/mol. The van der Waals surface area contributed by atoms with Gasteiger partial charge in [-0.25, -0.2) is 4.98 Å². The lowest BCUT2D eigenvalue weighted by atomic mass is 10.0. The first-order valence-corrected chi connectivity index (χ1v) is 12.9. The van der Waals surface area contributed by atoms with Crippen molar-refractivity contribution in [3.05, 3.63) is 71.9 Å². The van der Waals surface area contributed by atoms with Gasteiger partial charge in [-0.1, -0.05) is 6.92 Å². The summed E-state index contributed by atoms with van der Waals surface area (Å²) in [4.78, 5) is 34.6. The van der Waals surface area contributed by atoms with Crippen molar-refractivity contribution in [3.8, 4) is 11.5 Å². The molecule has 0 spiro atoms. The van der Waals surface area contributed by atoms with E-state index < -0.39 is 0 Å². The van der Waals surface area contributed by atoms with Gasteiger partial charge in [0.1, 0.15) is 24.4 Å². The normalized spacial score (nSPS) is 20.8. The summed E-state index contributed by atoms with van der Waals surface area (Å²) in [5.41, 5.74) is 2.16. The van der Waals surface area contributed by atoms with E-state index in [0.29, 0.717) is 48.0 Å². The Morgan fingerprint density at radius 3 is 2.56 bits per heavy atom. The molecule has 0 unspecified atom stereocenters. The first kappa shape index (κ1) is 28.1. The maximum absolute atomic E-state index is 13.6. The number of methoxy groups -OCH3 is 2. The van der Waals surface area contributed by atoms with E-state index in [9.17, 15) is 9.59 Å². The number of rotatable bonds is 6. The average Bonchev–Trinajstić information content (AvgIpc) is 3.46. The number of carbonyl (C=O) groups excluding carboxylic acids is 2. The van der Waals surface area contributed by atoms with Crippen molar-refractivity contribution in [3.63, 3.8) is 0 Å². The number of hydrogen-bond acceptors (Lipinski definition) is 8. The molecule has 0 aliphatic carbocycles. The number of carbonyl (C=O) groups is 2. The zero-order valence-corrected chi connectivity index (χ0v) is 23.0. The number of ether oxygens (including phenoxy) is 3. The molecule has 208 valence electrons. The Hall–Kier alpha value is -3.89. The van der Waals surface area contributed by atoms with Crippen LogP contribution >= 0.6 is 0 Å². The largest absolute Gasteiger partial charge is 0.497 e. The van der Waals surface area contributed by atoms with Crippen LogP contribution in [0.5, 0.6) is 11.5 Å². The number of hydrogen-bond donors (Lipinski definition) is 1. The number of nitrogens with one attached hydrogen (secondary N) is 1. The van der Waals surface area contributed by atoms with Gasteiger partial charge in [0.15, 0.2) is 6.39 Å². The van der Waals surface area contributed by atoms with E-state index in [1.54, 1.807) is 74.9 Å². The molecular weight excluding hydrogens is 500 g/mol. The Bertz CT molecular complexity index is 1250. The third-order valence-corrected chi connectivity index (χ3v) is 7.03. The van der Waals surface area contributed by atoms with Crippen molar-refractivity contribution in [1.82, 2.24) is 14.8 Å². The lowest BCUT2D eigenvalue weighted by Gasteiger charge is -2.35. The molecule has 3 atom stereocenters. The van der Waals surface area contributed by atoms with Gasteiger partial charge in [-0.05, 0) is 55.3 Å². The predicted octanol–water partition coefficient (Wildman–Crippen LogP) is 3.94. The van der Waals surface area contributed by atoms with Gasteiger partial charge >= 0.3 is 0 Å². The number of benzene rings is 2. The highest BCUT2D eigenvalue weighted by molar-refractivity contribution is 6.05. The standard InChI is InChI=1S/C29H36N4O6/c1-19-13-33(14-23-17-38-18-30-23)20(2)16-39-26-11-8-22(12-25(26)29(35)32(3)15-27(19)37-5)31-28(34)21-6-9-24(36-4)10-7-21/h6-12,17-20,27H,13-16H2,1-5H3,(H,31,34)/t19-,20-,27-/m1/s1. The number of oxazole rings is 1. The number of aromatic nitrogens is 1. The zero-order chi connectivity index (χ0) is 27.9. The Labute approximate surface area is 228 Å². The van der Waals surface area contributed by atoms with Crippen LogP contribution in [0.1, 0.15) is 40.3 Å². The predicted molar refractivity (Wildman–Crippen MR) is 146 cm³/mol. The Morgan fingerprint density at radius 2 is 1.90 bits per heavy atom. The molecule has 1 aliphatic heterocycles. The molecular formula is C29H36N4O6. The van der Waals surface area contributed by atoms with Gasteiger partial charge in [-0.3, -0.25) is 14.5 Å². The third kappa shape index (κ3) is 6.96. The van der Waals surface area contributed by atoms with Crippen molar-refractivity contribution in [2.75, 3.05) is 46.3 Å². The Balaban J connectivity index is 1.60. The molecule has 2 heterocycles. The molecule has 10 heteroatoms. The van der Waals surface area contributed by atoms with Crippen LogP contribution in [0.2, 0.25) is 0 Å². The van der Waals surface area contributed by atoms with Crippen LogP contribution in [-0.2, 0) is 11.3 Å². The summed E-state index contributed by atoms with van der Waals surface area (Å²) in [6, 6.07) is 11.9. The van der Waals surface area contributed by atoms with Gasteiger partial charge in [0, 0.05) is 51.1 Å². The van der Waals surface area contributed by atoms with Gasteiger partial charge in [0.05, 0.1) is 24.5 Å². The van der Waals surface area contributed by atoms with Crippen LogP contribution in [0.25, 0.3) is 0 Å². The SMILES string of the molecule is COc1ccc(C(=O)Nc2ccc3c(c2)C(=O)N(C)C[C@@H](OC)[C@H](C)CN(Cc2cocn2)[C@H](C)CO3)cc1. The molecule has 0 radical (unpaired) electrons. The van der Waals surface area contributed by atoms with Crippen molar-refractivity contribution in [1.29, 1.82) is 0 Å². The molecule has 0 fully saturated rings. The van der Waals surface area contributed by atoms with Crippen LogP contribution < -0.4 is 14.8 Å². The lowest BCUT2D eigenvalue weighted by Crippen LogP contribution is -2.46. The Kier molecular flexibility index (Phi) is 9.21. The van der Waals surface area contributed by atoms with Crippen molar-refractivity contribution in [2.45, 2.75) is 32.5 Å². The molecule has 0 saturated heterocycles. The van der Waals surface area contributed by atoms with Crippen molar-refractivity contribution >= 4 is 17.5 Å². The summed E-state index contributed by atoms with van der Waals surface area (Å²) >= 11 is 0. The van der Waals surface area contributed by atoms with Crippen LogP contribution in [0.3, 0.4) is 0 Å². The van der Waals surface area contributed by atoms with E-state index in [2.05, 4.69) is 29.0 Å². The first-order valence-electron chi connectivity index (χ1n) is 12.9. The highest BCUT2D eigenvalue weighted by Crippen LogP contribution is 2.27. The second-order valence-electron chi connectivity index (χ2n) is 9.90. The molecule has 1 aromatic heterocycles. The number of fused-ring (bicyclic) bond motifs is 1. The highest BCUT2D eigenvalue weighted by atomic mass is 16.5. The summed E-state index contributed by atoms with van der Waals surface area (Å²) < 4.78 is 22.4. The summed E-state index contributed by atoms with van der Waals surface area (Å²) in [5.74, 6) is 0.721. The minimum absolute atomic E-state index is 0.0104. The summed E-state index contributed by atoms with van der Waals surface area (Å²) in [7, 11) is 4.98. The Morgan fingerprint density at radius 1 is 1.13 bits per heavy atom. The fraction of sp³-hybridized carbons (Fsp3) is 0.414. The number of anilines is 1. The van der Waals surface area contributed by atoms with Gasteiger partial charge in [-0.2, -0.15) is 0 Å². The summed E-state index contributed by atoms with van der Waals surface area (Å²) in [6.07, 6.45) is 2.88. The molecule has 0 bridgehead atoms. The first-order chi connectivity index (χ1) is 18.8. The number of likely N-dealkylation sites (N-methyl/N-ethyl adjacent to an activating group) is 1. The topological polar surface area (TPSA) is 106 Å². The van der Waals surface area contributed by atoms with E-state index in [4.69, 9.17) is 18.6 Å². The molecule has 0 saturated carbocycles. The van der Waals surface area contributed by atoms with E-state index >= 15 is 0 Å². The smallest absolute Gasteiger partial charge is 0.257 e. The van der Waals surface area contributed by atoms with Crippen LogP contribution in [0, 0.1) is 5.92 Å². The van der Waals surface area contributed by atoms with Crippen molar-refractivity contribution < 1.29 is 28.2 Å². The monoisotopic (exact) mass is 536 g/mol. The second-order valence-corrected chi connectivity index (χ2v) is 9.90. The van der Waals surface area contributed by atoms with E-state index in [-0.39, 0.29) is 29.9 Å². The fourth-order valence-corrected chi connectivity index (χ4v) is 4.62. The van der Waals surface area contributed by atoms with Crippen LogP contribution in [-0.4, -0.2) is 79.7 Å². The van der Waals surface area contributed by atoms with Gasteiger partial charge in [0.2, 0.25) is 0 Å². The maximum atomic E-state index is 13.6. The fourth-order valence-electron chi connectivity index (χ4n) is 4.62. The quantitative estimate of drug-likeness (QED) is 0.505. The molecule has 4 rings (SSSR count). The van der Waals surface area contributed by atoms with E-state index in [0.717, 1.165) is 12.2 Å². The van der Waals surface area contributed by atoms with Crippen LogP contribution in [0.15, 0.2) is 59.5 Å². The lowest BCUT2D eigenvalue weighted by molar-refractivity contribution is 0.00900. The van der Waals surface area contributed by atoms with Crippen molar-refractivity contribution in [2.24, 2.45) is 5.92 Å². The number of amides is 2. The minimum atomic E-state index is -0.294. The molecule has 10 nitrogen and oxygen atoms in total. The molecule has 2 aromatic carbocycles. The maximum Gasteiger partial charge on any atom is 0.257 e. The summed E-state index contributed by atoms with van der Waals surface area (Å²) in [6.45, 7) is 6.26. The van der Waals surface area contributed by atoms with Crippen LogP contribution in [0.4, 0.5) is 5.69 Å². The minimum Gasteiger partial charge on any atom is -0.497 e. The van der Waals surface area contributed by atoms with Gasteiger partial charge in [0.25, 0.3) is 11.8 Å². The van der Waals surface area contributed by atoms with E-state index in [1.165, 1.54) is 6.39 Å². The number of nitrogens with zero attached hydrogens (tertiary/aromatic N) is 3. The third-order valence-electron chi connectivity index (χ3n) is 7.03. The molecule has 2 amide bonds. The molecule has 39 heavy (non-hydrogen) atoms. The summed E-state index contributed by atoms with van der Waals surface area (Å²) in [5, 5.41) is 2.88. The highest BCUT2D eigenvalue weighted by Gasteiger charge is 2.29. The molecule has 1 aliphatic rings. The van der Waals surface area contributed by atoms with Gasteiger partial charge < -0.3 is 28.8 Å². The molecule has 1 N–H and O–H groups in total. The molecule has 3 aromatic rings. The second kappa shape index (κ2) is 12.8. The zero-order valence-electron chi connectivity index (χ0n) is 23.0.